The molecule has 0 saturated carbocycles. The van der Waals surface area contributed by atoms with Crippen LogP contribution in [0.4, 0.5) is 0 Å². The highest BCUT2D eigenvalue weighted by molar-refractivity contribution is 5.97. The lowest BCUT2D eigenvalue weighted by molar-refractivity contribution is -0.120. The van der Waals surface area contributed by atoms with Crippen molar-refractivity contribution < 1.29 is 23.8 Å². The molecule has 0 aliphatic rings. The Morgan fingerprint density at radius 3 is 2.38 bits per heavy atom. The number of aromatic amines is 1. The monoisotopic (exact) mass is 437 g/mol. The summed E-state index contributed by atoms with van der Waals surface area (Å²) in [7, 11) is 4.37. The Morgan fingerprint density at radius 2 is 1.75 bits per heavy atom. The Bertz CT molecular complexity index is 1090. The zero-order valence-electron chi connectivity index (χ0n) is 17.8. The van der Waals surface area contributed by atoms with Gasteiger partial charge in [0.25, 0.3) is 11.8 Å². The van der Waals surface area contributed by atoms with Crippen molar-refractivity contribution in [3.05, 3.63) is 59.8 Å². The second kappa shape index (κ2) is 10.6. The molecule has 0 atom stereocenters. The van der Waals surface area contributed by atoms with Crippen LogP contribution in [0.2, 0.25) is 0 Å². The summed E-state index contributed by atoms with van der Waals surface area (Å²) in [6.45, 7) is -0.274. The Labute approximate surface area is 184 Å². The van der Waals surface area contributed by atoms with Crippen molar-refractivity contribution in [2.24, 2.45) is 5.10 Å². The second-order valence-electron chi connectivity index (χ2n) is 6.46. The summed E-state index contributed by atoms with van der Waals surface area (Å²) in [4.78, 5) is 24.5. The van der Waals surface area contributed by atoms with Gasteiger partial charge >= 0.3 is 0 Å². The van der Waals surface area contributed by atoms with Crippen molar-refractivity contribution in [3.8, 4) is 28.5 Å². The van der Waals surface area contributed by atoms with Crippen LogP contribution in [0, 0.1) is 0 Å². The highest BCUT2D eigenvalue weighted by Crippen LogP contribution is 2.38. The lowest BCUT2D eigenvalue weighted by Gasteiger charge is -2.14. The zero-order chi connectivity index (χ0) is 22.9. The van der Waals surface area contributed by atoms with Gasteiger partial charge in [0, 0.05) is 16.7 Å². The SMILES string of the molecule is COc1cc(C(=O)NCC(=O)N/N=C/c2cn[nH]c2-c2ccccc2)cc(OC)c1OC. The first-order valence-corrected chi connectivity index (χ1v) is 9.56. The minimum atomic E-state index is -0.494. The van der Waals surface area contributed by atoms with E-state index in [1.807, 2.05) is 30.3 Å². The van der Waals surface area contributed by atoms with E-state index in [1.165, 1.54) is 39.7 Å². The van der Waals surface area contributed by atoms with E-state index in [0.29, 0.717) is 22.8 Å². The predicted octanol–water partition coefficient (Wildman–Crippen LogP) is 1.98. The number of aromatic nitrogens is 2. The molecule has 10 nitrogen and oxygen atoms in total. The molecule has 2 aromatic carbocycles. The molecule has 0 bridgehead atoms. The maximum Gasteiger partial charge on any atom is 0.259 e. The van der Waals surface area contributed by atoms with E-state index < -0.39 is 11.8 Å². The van der Waals surface area contributed by atoms with Gasteiger partial charge in [0.2, 0.25) is 5.75 Å². The number of H-pyrrole nitrogens is 1. The first-order valence-electron chi connectivity index (χ1n) is 9.56. The maximum atomic E-state index is 12.5. The minimum Gasteiger partial charge on any atom is -0.493 e. The molecule has 1 heterocycles. The molecule has 0 radical (unpaired) electrons. The third kappa shape index (κ3) is 5.22. The Morgan fingerprint density at radius 1 is 1.06 bits per heavy atom. The largest absolute Gasteiger partial charge is 0.493 e. The van der Waals surface area contributed by atoms with Gasteiger partial charge in [-0.2, -0.15) is 10.2 Å². The number of methoxy groups -OCH3 is 3. The van der Waals surface area contributed by atoms with Crippen LogP contribution in [0.1, 0.15) is 15.9 Å². The van der Waals surface area contributed by atoms with E-state index in [9.17, 15) is 9.59 Å². The van der Waals surface area contributed by atoms with Crippen LogP contribution in [0.3, 0.4) is 0 Å². The molecule has 0 aliphatic heterocycles. The van der Waals surface area contributed by atoms with Crippen molar-refractivity contribution in [1.82, 2.24) is 20.9 Å². The third-order valence-corrected chi connectivity index (χ3v) is 4.46. The normalized spacial score (nSPS) is 10.6. The van der Waals surface area contributed by atoms with Crippen LogP contribution in [0.5, 0.6) is 17.2 Å². The summed E-state index contributed by atoms with van der Waals surface area (Å²) in [5.41, 5.74) is 5.05. The molecule has 0 unspecified atom stereocenters. The number of nitrogens with zero attached hydrogens (tertiary/aromatic N) is 2. The molecule has 3 N–H and O–H groups in total. The number of carbonyl (C=O) groups excluding carboxylic acids is 2. The van der Waals surface area contributed by atoms with E-state index in [1.54, 1.807) is 6.20 Å². The third-order valence-electron chi connectivity index (χ3n) is 4.46. The van der Waals surface area contributed by atoms with Gasteiger partial charge in [0.1, 0.15) is 0 Å². The lowest BCUT2D eigenvalue weighted by atomic mass is 10.1. The number of amides is 2. The smallest absolute Gasteiger partial charge is 0.259 e. The van der Waals surface area contributed by atoms with E-state index in [0.717, 1.165) is 11.3 Å². The molecule has 166 valence electrons. The summed E-state index contributed by atoms with van der Waals surface area (Å²) in [5, 5.41) is 13.4. The van der Waals surface area contributed by atoms with Crippen LogP contribution in [-0.4, -0.2) is 56.1 Å². The van der Waals surface area contributed by atoms with Gasteiger partial charge in [0.15, 0.2) is 11.5 Å². The number of carbonyl (C=O) groups is 2. The number of hydrogen-bond donors (Lipinski definition) is 3. The Hall–Kier alpha value is -4.34. The molecule has 2 amide bonds. The molecule has 0 aliphatic carbocycles. The van der Waals surface area contributed by atoms with Crippen LogP contribution >= 0.6 is 0 Å². The fourth-order valence-corrected chi connectivity index (χ4v) is 2.92. The second-order valence-corrected chi connectivity index (χ2v) is 6.46. The van der Waals surface area contributed by atoms with E-state index in [-0.39, 0.29) is 12.1 Å². The fraction of sp³-hybridized carbons (Fsp3) is 0.182. The summed E-state index contributed by atoms with van der Waals surface area (Å²) >= 11 is 0. The number of benzene rings is 2. The zero-order valence-corrected chi connectivity index (χ0v) is 17.8. The van der Waals surface area contributed by atoms with Crippen LogP contribution in [0.15, 0.2) is 53.8 Å². The molecule has 0 saturated heterocycles. The van der Waals surface area contributed by atoms with E-state index in [2.05, 4.69) is 26.0 Å². The molecule has 10 heteroatoms. The fourth-order valence-electron chi connectivity index (χ4n) is 2.92. The van der Waals surface area contributed by atoms with Crippen molar-refractivity contribution >= 4 is 18.0 Å². The predicted molar refractivity (Wildman–Crippen MR) is 118 cm³/mol. The van der Waals surface area contributed by atoms with Crippen LogP contribution < -0.4 is 25.0 Å². The van der Waals surface area contributed by atoms with Crippen molar-refractivity contribution in [2.45, 2.75) is 0 Å². The molecular formula is C22H23N5O5. The quantitative estimate of drug-likeness (QED) is 0.347. The molecule has 3 rings (SSSR count). The number of ether oxygens (including phenoxy) is 3. The van der Waals surface area contributed by atoms with Gasteiger partial charge < -0.3 is 19.5 Å². The van der Waals surface area contributed by atoms with Gasteiger partial charge in [-0.15, -0.1) is 0 Å². The topological polar surface area (TPSA) is 127 Å². The van der Waals surface area contributed by atoms with Gasteiger partial charge in [-0.25, -0.2) is 5.43 Å². The van der Waals surface area contributed by atoms with Gasteiger partial charge in [-0.1, -0.05) is 30.3 Å². The van der Waals surface area contributed by atoms with Crippen LogP contribution in [-0.2, 0) is 4.79 Å². The number of nitrogens with one attached hydrogen (secondary N) is 3. The van der Waals surface area contributed by atoms with Crippen molar-refractivity contribution in [1.29, 1.82) is 0 Å². The number of rotatable bonds is 9. The Kier molecular flexibility index (Phi) is 7.42. The molecule has 0 fully saturated rings. The van der Waals surface area contributed by atoms with Gasteiger partial charge in [0.05, 0.1) is 46.0 Å². The average Bonchev–Trinajstić information content (AvgIpc) is 3.30. The van der Waals surface area contributed by atoms with Crippen molar-refractivity contribution in [2.75, 3.05) is 27.9 Å². The van der Waals surface area contributed by atoms with Crippen LogP contribution in [0.25, 0.3) is 11.3 Å². The summed E-state index contributed by atoms with van der Waals surface area (Å²) in [5.74, 6) is 0.0601. The highest BCUT2D eigenvalue weighted by Gasteiger charge is 2.17. The average molecular weight is 437 g/mol. The molecule has 0 spiro atoms. The highest BCUT2D eigenvalue weighted by atomic mass is 16.5. The summed E-state index contributed by atoms with van der Waals surface area (Å²) < 4.78 is 15.7. The summed E-state index contributed by atoms with van der Waals surface area (Å²) in [6.07, 6.45) is 3.08. The molecule has 1 aromatic heterocycles. The molecule has 32 heavy (non-hydrogen) atoms. The Balaban J connectivity index is 1.58. The first kappa shape index (κ1) is 22.3. The minimum absolute atomic E-state index is 0.252. The number of hydrogen-bond acceptors (Lipinski definition) is 7. The van der Waals surface area contributed by atoms with E-state index >= 15 is 0 Å². The van der Waals surface area contributed by atoms with E-state index in [4.69, 9.17) is 14.2 Å². The van der Waals surface area contributed by atoms with Gasteiger partial charge in [-0.3, -0.25) is 14.7 Å². The standard InChI is InChI=1S/C22H23N5O5/c1-30-17-9-15(10-18(31-2)21(17)32-3)22(29)23-13-19(28)26-24-11-16-12-25-27-20(16)14-7-5-4-6-8-14/h4-12H,13H2,1-3H3,(H,23,29)(H,25,27)(H,26,28)/b24-11+. The maximum absolute atomic E-state index is 12.5. The summed E-state index contributed by atoms with van der Waals surface area (Å²) in [6, 6.07) is 12.6. The lowest BCUT2D eigenvalue weighted by Crippen LogP contribution is -2.34. The number of hydrazone groups is 1. The first-order chi connectivity index (χ1) is 15.6. The van der Waals surface area contributed by atoms with Crippen molar-refractivity contribution in [3.63, 3.8) is 0 Å². The molecule has 3 aromatic rings. The van der Waals surface area contributed by atoms with Gasteiger partial charge in [-0.05, 0) is 12.1 Å². The molecular weight excluding hydrogens is 414 g/mol.